The second-order valence-corrected chi connectivity index (χ2v) is 6.62. The molecule has 2 heterocycles. The summed E-state index contributed by atoms with van der Waals surface area (Å²) in [6.45, 7) is 11.3. The maximum absolute atomic E-state index is 12.4. The molecule has 2 saturated heterocycles. The minimum absolute atomic E-state index is 0.0501. The fourth-order valence-corrected chi connectivity index (χ4v) is 3.14. The molecule has 0 aliphatic carbocycles. The smallest absolute Gasteiger partial charge is 0.317 e. The number of hydrogen-bond donors (Lipinski definition) is 1. The van der Waals surface area contributed by atoms with Gasteiger partial charge < -0.3 is 19.7 Å². The highest BCUT2D eigenvalue weighted by Gasteiger charge is 2.42. The summed E-state index contributed by atoms with van der Waals surface area (Å²) in [6, 6.07) is 0.256. The van der Waals surface area contributed by atoms with Crippen LogP contribution < -0.4 is 5.32 Å². The Labute approximate surface area is 128 Å². The highest BCUT2D eigenvalue weighted by atomic mass is 16.7. The van der Waals surface area contributed by atoms with Crippen LogP contribution in [0, 0.1) is 11.8 Å². The van der Waals surface area contributed by atoms with Crippen LogP contribution in [0.3, 0.4) is 0 Å². The van der Waals surface area contributed by atoms with Gasteiger partial charge in [0.25, 0.3) is 0 Å². The van der Waals surface area contributed by atoms with E-state index in [0.717, 1.165) is 32.4 Å². The van der Waals surface area contributed by atoms with E-state index in [1.165, 1.54) is 0 Å². The maximum atomic E-state index is 12.4. The van der Waals surface area contributed by atoms with E-state index in [1.54, 1.807) is 0 Å². The molecule has 2 aliphatic rings. The Balaban J connectivity index is 1.90. The second-order valence-electron chi connectivity index (χ2n) is 6.62. The van der Waals surface area contributed by atoms with E-state index in [4.69, 9.17) is 9.47 Å². The lowest BCUT2D eigenvalue weighted by atomic mass is 9.90. The summed E-state index contributed by atoms with van der Waals surface area (Å²) in [5.74, 6) is 0.244. The molecule has 0 aromatic heterocycles. The van der Waals surface area contributed by atoms with Gasteiger partial charge in [0.1, 0.15) is 0 Å². The number of hydrogen-bond acceptors (Lipinski definition) is 3. The minimum atomic E-state index is -0.513. The number of carbonyl (C=O) groups excluding carboxylic acids is 1. The molecule has 2 aliphatic heterocycles. The van der Waals surface area contributed by atoms with Gasteiger partial charge in [0.15, 0.2) is 5.79 Å². The molecule has 2 amide bonds. The van der Waals surface area contributed by atoms with Gasteiger partial charge in [-0.05, 0) is 32.6 Å². The zero-order valence-electron chi connectivity index (χ0n) is 13.9. The van der Waals surface area contributed by atoms with Crippen LogP contribution in [0.25, 0.3) is 0 Å². The Morgan fingerprint density at radius 1 is 1.38 bits per heavy atom. The van der Waals surface area contributed by atoms with Crippen LogP contribution in [0.5, 0.6) is 0 Å². The molecule has 0 unspecified atom stereocenters. The molecule has 0 aromatic rings. The van der Waals surface area contributed by atoms with E-state index >= 15 is 0 Å². The van der Waals surface area contributed by atoms with Crippen molar-refractivity contribution in [3.8, 4) is 0 Å². The number of carbonyl (C=O) groups is 1. The highest BCUT2D eigenvalue weighted by molar-refractivity contribution is 5.74. The Kier molecular flexibility index (Phi) is 5.49. The zero-order chi connectivity index (χ0) is 15.5. The molecule has 122 valence electrons. The number of nitrogens with zero attached hydrogens (tertiary/aromatic N) is 1. The Morgan fingerprint density at radius 3 is 2.67 bits per heavy atom. The van der Waals surface area contributed by atoms with Crippen LogP contribution in [0.1, 0.15) is 47.0 Å². The summed E-state index contributed by atoms with van der Waals surface area (Å²) in [4.78, 5) is 14.3. The third-order valence-electron chi connectivity index (χ3n) is 5.16. The fraction of sp³-hybridized carbons (Fsp3) is 0.938. The Bertz CT molecular complexity index is 355. The molecule has 0 bridgehead atoms. The molecule has 21 heavy (non-hydrogen) atoms. The third kappa shape index (κ3) is 3.89. The molecule has 0 radical (unpaired) electrons. The lowest BCUT2D eigenvalue weighted by molar-refractivity contribution is -0.189. The summed E-state index contributed by atoms with van der Waals surface area (Å²) in [6.07, 6.45) is 3.14. The molecule has 0 saturated carbocycles. The van der Waals surface area contributed by atoms with Gasteiger partial charge in [-0.2, -0.15) is 0 Å². The topological polar surface area (TPSA) is 50.8 Å². The van der Waals surface area contributed by atoms with E-state index < -0.39 is 5.79 Å². The average molecular weight is 298 g/mol. The molecule has 2 rings (SSSR count). The van der Waals surface area contributed by atoms with Crippen LogP contribution in [-0.2, 0) is 9.47 Å². The van der Waals surface area contributed by atoms with Crippen molar-refractivity contribution in [1.29, 1.82) is 0 Å². The first kappa shape index (κ1) is 16.6. The summed E-state index contributed by atoms with van der Waals surface area (Å²) >= 11 is 0. The predicted octanol–water partition coefficient (Wildman–Crippen LogP) is 2.61. The predicted molar refractivity (Wildman–Crippen MR) is 82.1 cm³/mol. The van der Waals surface area contributed by atoms with Crippen molar-refractivity contribution >= 4 is 6.03 Å². The van der Waals surface area contributed by atoms with Gasteiger partial charge in [0, 0.05) is 25.0 Å². The lowest BCUT2D eigenvalue weighted by Gasteiger charge is -2.40. The standard InChI is InChI=1S/C16H30N2O3/c1-5-12(2)13(3)17-15(19)18-8-6-7-14(11-18)16(4)20-9-10-21-16/h12-14H,5-11H2,1-4H3,(H,17,19)/t12-,13-,14-/m0/s1. The summed E-state index contributed by atoms with van der Waals surface area (Å²) < 4.78 is 11.5. The van der Waals surface area contributed by atoms with Crippen molar-refractivity contribution in [2.75, 3.05) is 26.3 Å². The third-order valence-corrected chi connectivity index (χ3v) is 5.16. The molecule has 1 N–H and O–H groups in total. The normalized spacial score (nSPS) is 28.2. The average Bonchev–Trinajstić information content (AvgIpc) is 2.94. The molecular weight excluding hydrogens is 268 g/mol. The number of likely N-dealkylation sites (tertiary alicyclic amines) is 1. The molecular formula is C16H30N2O3. The quantitative estimate of drug-likeness (QED) is 0.868. The van der Waals surface area contributed by atoms with Crippen LogP contribution in [-0.4, -0.2) is 49.1 Å². The number of rotatable bonds is 4. The van der Waals surface area contributed by atoms with Crippen molar-refractivity contribution in [3.05, 3.63) is 0 Å². The number of amides is 2. The molecule has 5 nitrogen and oxygen atoms in total. The first-order valence-corrected chi connectivity index (χ1v) is 8.29. The van der Waals surface area contributed by atoms with Gasteiger partial charge >= 0.3 is 6.03 Å². The number of nitrogens with one attached hydrogen (secondary N) is 1. The lowest BCUT2D eigenvalue weighted by Crippen LogP contribution is -2.53. The number of piperidine rings is 1. The van der Waals surface area contributed by atoms with Gasteiger partial charge in [-0.1, -0.05) is 20.3 Å². The molecule has 2 fully saturated rings. The van der Waals surface area contributed by atoms with Crippen LogP contribution in [0.15, 0.2) is 0 Å². The fourth-order valence-electron chi connectivity index (χ4n) is 3.14. The van der Waals surface area contributed by atoms with Crippen molar-refractivity contribution < 1.29 is 14.3 Å². The van der Waals surface area contributed by atoms with Gasteiger partial charge in [-0.3, -0.25) is 0 Å². The van der Waals surface area contributed by atoms with Crippen LogP contribution >= 0.6 is 0 Å². The first-order valence-electron chi connectivity index (χ1n) is 8.29. The second kappa shape index (κ2) is 6.97. The molecule has 5 heteroatoms. The van der Waals surface area contributed by atoms with E-state index in [-0.39, 0.29) is 18.0 Å². The van der Waals surface area contributed by atoms with Crippen molar-refractivity contribution in [2.24, 2.45) is 11.8 Å². The largest absolute Gasteiger partial charge is 0.347 e. The summed E-state index contributed by atoms with van der Waals surface area (Å²) in [7, 11) is 0. The molecule has 0 spiro atoms. The number of urea groups is 1. The summed E-state index contributed by atoms with van der Waals surface area (Å²) in [5.41, 5.74) is 0. The van der Waals surface area contributed by atoms with Gasteiger partial charge in [-0.25, -0.2) is 4.79 Å². The Hall–Kier alpha value is -0.810. The first-order chi connectivity index (χ1) is 9.96. The minimum Gasteiger partial charge on any atom is -0.347 e. The molecule has 3 atom stereocenters. The van der Waals surface area contributed by atoms with E-state index in [9.17, 15) is 4.79 Å². The zero-order valence-corrected chi connectivity index (χ0v) is 13.9. The number of ether oxygens (including phenoxy) is 2. The Morgan fingerprint density at radius 2 is 2.05 bits per heavy atom. The van der Waals surface area contributed by atoms with Crippen LogP contribution in [0.4, 0.5) is 4.79 Å². The van der Waals surface area contributed by atoms with E-state index in [1.807, 2.05) is 11.8 Å². The summed E-state index contributed by atoms with van der Waals surface area (Å²) in [5, 5.41) is 3.13. The van der Waals surface area contributed by atoms with Crippen molar-refractivity contribution in [3.63, 3.8) is 0 Å². The van der Waals surface area contributed by atoms with Crippen LogP contribution in [0.2, 0.25) is 0 Å². The van der Waals surface area contributed by atoms with Gasteiger partial charge in [0.2, 0.25) is 0 Å². The monoisotopic (exact) mass is 298 g/mol. The SMILES string of the molecule is CC[C@H](C)[C@H](C)NC(=O)N1CCC[C@H](C2(C)OCCO2)C1. The highest BCUT2D eigenvalue weighted by Crippen LogP contribution is 2.34. The maximum Gasteiger partial charge on any atom is 0.317 e. The van der Waals surface area contributed by atoms with Crippen molar-refractivity contribution in [2.45, 2.75) is 58.8 Å². The van der Waals surface area contributed by atoms with E-state index in [2.05, 4.69) is 26.1 Å². The van der Waals surface area contributed by atoms with E-state index in [0.29, 0.717) is 19.1 Å². The molecule has 0 aromatic carbocycles. The van der Waals surface area contributed by atoms with Gasteiger partial charge in [0.05, 0.1) is 13.2 Å². The van der Waals surface area contributed by atoms with Crippen molar-refractivity contribution in [1.82, 2.24) is 10.2 Å². The van der Waals surface area contributed by atoms with Gasteiger partial charge in [-0.15, -0.1) is 0 Å².